The van der Waals surface area contributed by atoms with Crippen LogP contribution < -0.4 is 64.2 Å². The zero-order chi connectivity index (χ0) is 43.0. The Labute approximate surface area is 442 Å². The molecule has 0 aliphatic heterocycles. The molecule has 13 heteroatoms. The number of aromatic nitrogens is 4. The van der Waals surface area contributed by atoms with Gasteiger partial charge in [-0.05, 0) is 84.5 Å². The molecule has 0 aliphatic carbocycles. The van der Waals surface area contributed by atoms with Crippen molar-refractivity contribution in [3.8, 4) is 22.8 Å². The first-order valence-electron chi connectivity index (χ1n) is 21.9. The third kappa shape index (κ3) is 34.7. The minimum atomic E-state index is -1.22. The van der Waals surface area contributed by atoms with Gasteiger partial charge >= 0.3 is 78.6 Å². The van der Waals surface area contributed by atoms with Crippen molar-refractivity contribution in [2.24, 2.45) is 0 Å². The molecule has 0 saturated carbocycles. The van der Waals surface area contributed by atoms with Crippen molar-refractivity contribution < 1.29 is 88.5 Å². The topological polar surface area (TPSA) is 136 Å². The Kier molecular flexibility index (Phi) is 49.2. The van der Waals surface area contributed by atoms with Gasteiger partial charge in [-0.2, -0.15) is 28.5 Å². The van der Waals surface area contributed by atoms with Gasteiger partial charge in [0.05, 0.1) is 17.4 Å². The monoisotopic (exact) mass is 982 g/mol. The van der Waals surface area contributed by atoms with E-state index in [4.69, 9.17) is 10.8 Å². The van der Waals surface area contributed by atoms with Crippen molar-refractivity contribution in [1.82, 2.24) is 19.9 Å². The zero-order valence-corrected chi connectivity index (χ0v) is 45.4. The molecule has 0 aliphatic rings. The molecule has 0 aromatic carbocycles. The molecule has 0 radical (unpaired) electrons. The van der Waals surface area contributed by atoms with Crippen molar-refractivity contribution in [3.63, 3.8) is 0 Å². The summed E-state index contributed by atoms with van der Waals surface area (Å²) in [6, 6.07) is 17.9. The molecule has 0 unspecified atom stereocenters. The molecular weight excluding hydrogens is 916 g/mol. The molecule has 0 atom stereocenters. The number of rotatable bonds is 27. The van der Waals surface area contributed by atoms with E-state index in [-0.39, 0.29) is 84.2 Å². The van der Waals surface area contributed by atoms with E-state index in [2.05, 4.69) is 88.6 Å². The number of carboxylic acids is 1. The second-order valence-electron chi connectivity index (χ2n) is 14.7. The van der Waals surface area contributed by atoms with Gasteiger partial charge in [0.25, 0.3) is 0 Å². The summed E-state index contributed by atoms with van der Waals surface area (Å²) < 4.78 is 0. The van der Waals surface area contributed by atoms with Crippen molar-refractivity contribution in [2.45, 2.75) is 168 Å². The fourth-order valence-corrected chi connectivity index (χ4v) is 6.69. The van der Waals surface area contributed by atoms with Crippen LogP contribution in [0.4, 0.5) is 0 Å². The van der Waals surface area contributed by atoms with E-state index < -0.39 is 5.97 Å². The van der Waals surface area contributed by atoms with Crippen LogP contribution in [0.1, 0.15) is 177 Å². The van der Waals surface area contributed by atoms with Crippen molar-refractivity contribution in [2.75, 3.05) is 0 Å². The zero-order valence-electron chi connectivity index (χ0n) is 38.1. The van der Waals surface area contributed by atoms with Gasteiger partial charge in [0.15, 0.2) is 0 Å². The van der Waals surface area contributed by atoms with Gasteiger partial charge < -0.3 is 25.7 Å². The number of thiocarbonyl (C=S) groups is 2. The molecular formula is C49H66N6Na2O2RuS2. The first-order valence-corrected chi connectivity index (χ1v) is 22.7. The second-order valence-corrected chi connectivity index (χ2v) is 15.1. The largest absolute Gasteiger partial charge is 2.00 e. The quantitative estimate of drug-likeness (QED) is 0.0197. The Morgan fingerprint density at radius 2 is 0.871 bits per heavy atom. The van der Waals surface area contributed by atoms with Gasteiger partial charge in [-0.15, -0.1) is 0 Å². The van der Waals surface area contributed by atoms with Gasteiger partial charge in [0, 0.05) is 24.3 Å². The molecule has 0 spiro atoms. The number of hydrogen-bond donors (Lipinski definition) is 0. The summed E-state index contributed by atoms with van der Waals surface area (Å²) in [6.45, 7) is 4.59. The van der Waals surface area contributed by atoms with Crippen molar-refractivity contribution in [3.05, 3.63) is 107 Å². The molecule has 4 aromatic rings. The summed E-state index contributed by atoms with van der Waals surface area (Å²) in [5.41, 5.74) is 6.05. The maximum absolute atomic E-state index is 10.6. The number of aryl methyl sites for hydroxylation is 2. The molecule has 0 N–H and O–H groups in total. The number of pyridine rings is 4. The second kappa shape index (κ2) is 47.3. The fraction of sp³-hybridized carbons (Fsp3) is 0.531. The van der Waals surface area contributed by atoms with Gasteiger partial charge in [0.2, 0.25) is 0 Å². The number of unbranched alkanes of at least 4 members (excludes halogenated alkanes) is 20. The maximum atomic E-state index is 10.6. The summed E-state index contributed by atoms with van der Waals surface area (Å²) in [4.78, 5) is 28.0. The minimum absolute atomic E-state index is 0. The summed E-state index contributed by atoms with van der Waals surface area (Å²) in [5, 5.41) is 27.6. The number of carbonyl (C=O) groups is 1. The van der Waals surface area contributed by atoms with E-state index in [0.717, 1.165) is 24.2 Å². The van der Waals surface area contributed by atoms with Gasteiger partial charge in [0.1, 0.15) is 0 Å². The molecule has 62 heavy (non-hydrogen) atoms. The Morgan fingerprint density at radius 3 is 1.21 bits per heavy atom. The Hall–Kier alpha value is -1.71. The molecule has 4 heterocycles. The molecule has 0 fully saturated rings. The van der Waals surface area contributed by atoms with Crippen LogP contribution in [-0.2, 0) is 32.3 Å². The van der Waals surface area contributed by atoms with Gasteiger partial charge in [-0.25, -0.2) is 0 Å². The van der Waals surface area contributed by atoms with Gasteiger partial charge in [-0.1, -0.05) is 173 Å². The maximum Gasteiger partial charge on any atom is 2.00 e. The third-order valence-electron chi connectivity index (χ3n) is 9.91. The summed E-state index contributed by atoms with van der Waals surface area (Å²) in [7, 11) is 0. The van der Waals surface area contributed by atoms with E-state index in [1.165, 1.54) is 181 Å². The molecule has 0 saturated heterocycles. The average molecular weight is 982 g/mol. The molecule has 8 nitrogen and oxygen atoms in total. The van der Waals surface area contributed by atoms with E-state index in [0.29, 0.717) is 11.4 Å². The molecule has 0 amide bonds. The summed E-state index contributed by atoms with van der Waals surface area (Å²) in [6.07, 6.45) is 40.0. The van der Waals surface area contributed by atoms with Crippen LogP contribution in [0.3, 0.4) is 0 Å². The number of aromatic carboxylic acids is 1. The summed E-state index contributed by atoms with van der Waals surface area (Å²) in [5.74, 6) is -1.22. The molecule has 4 aromatic heterocycles. The Bertz CT molecular complexity index is 1650. The van der Waals surface area contributed by atoms with Crippen molar-refractivity contribution in [1.29, 1.82) is 0 Å². The van der Waals surface area contributed by atoms with Crippen molar-refractivity contribution >= 4 is 40.7 Å². The van der Waals surface area contributed by atoms with Crippen LogP contribution in [0.5, 0.6) is 0 Å². The standard InChI is InChI=1S/C36H60N2.C11H7N2O2.2CNS.2Na.Ru/c1-3-5-7-9-11-13-15-17-19-21-23-25-33-27-29-37-35(31-33)36-32-34(28-30-38-36)26-24-22-20-18-16-14-12-10-8-6-4-2;14-11(15)8-4-6-13-10(7-8)9-3-1-2-5-12-9;2*2-1-3;;;/h27-32H,3-26H2,1-2H3;2-7H,(H,14,15);;;;;/q;3*-1;2*+1;+2/p-1. The summed E-state index contributed by atoms with van der Waals surface area (Å²) >= 11 is 7.40. The van der Waals surface area contributed by atoms with Crippen LogP contribution in [0.2, 0.25) is 0 Å². The normalized spacial score (nSPS) is 9.58. The van der Waals surface area contributed by atoms with Crippen LogP contribution in [0.25, 0.3) is 33.6 Å². The number of hydrogen-bond acceptors (Lipinski definition) is 8. The van der Waals surface area contributed by atoms with Crippen LogP contribution in [-0.4, -0.2) is 36.2 Å². The fourth-order valence-electron chi connectivity index (χ4n) is 6.69. The molecule has 4 rings (SSSR count). The predicted octanol–water partition coefficient (Wildman–Crippen LogP) is 7.48. The van der Waals surface area contributed by atoms with Crippen LogP contribution in [0, 0.1) is 6.07 Å². The number of nitrogens with zero attached hydrogens (tertiary/aromatic N) is 6. The number of carboxylic acid groups (broad SMARTS) is 1. The Morgan fingerprint density at radius 1 is 0.548 bits per heavy atom. The molecule has 0 bridgehead atoms. The van der Waals surface area contributed by atoms with E-state index >= 15 is 0 Å². The molecule has 326 valence electrons. The Balaban J connectivity index is -0.00000120. The van der Waals surface area contributed by atoms with E-state index in [1.54, 1.807) is 18.3 Å². The van der Waals surface area contributed by atoms with E-state index in [9.17, 15) is 9.90 Å². The smallest absolute Gasteiger partial charge is 0.753 e. The SMILES string of the molecule is CCCCCCCCCCCCCc1ccnc(-c2cc(CCCCCCCCCCCCC)ccn2)c1.O=C([O-])c1ccnc(-c2c[c-]ccn2)c1.[N-]=C=S.[N-]=C=S.[Na+].[Na+].[Ru+2]. The van der Waals surface area contributed by atoms with Gasteiger partial charge in [-0.3, -0.25) is 15.0 Å². The first-order chi connectivity index (χ1) is 28.9. The number of isothiocyanates is 2. The van der Waals surface area contributed by atoms with Crippen LogP contribution in [0.15, 0.2) is 73.3 Å². The van der Waals surface area contributed by atoms with E-state index in [1.807, 2.05) is 12.4 Å². The average Bonchev–Trinajstić information content (AvgIpc) is 3.26. The predicted molar refractivity (Wildman–Crippen MR) is 250 cm³/mol. The first kappa shape index (κ1) is 64.6. The number of carbonyl (C=O) groups excluding carboxylic acids is 1. The van der Waals surface area contributed by atoms with Crippen LogP contribution >= 0.6 is 24.4 Å². The minimum Gasteiger partial charge on any atom is -0.753 e. The third-order valence-corrected chi connectivity index (χ3v) is 9.91.